The Bertz CT molecular complexity index is 931. The SMILES string of the molecule is C=CC(=O)N1CCC[C@@H](N(C)c2nnc(C(N)=O)c(Nc3cccc(C)c3)n2)C1. The van der Waals surface area contributed by atoms with Crippen LogP contribution in [0.5, 0.6) is 0 Å². The van der Waals surface area contributed by atoms with Crippen LogP contribution in [0.15, 0.2) is 36.9 Å². The number of benzene rings is 1. The number of nitrogens with zero attached hydrogens (tertiary/aromatic N) is 5. The number of piperidine rings is 1. The molecular formula is C20H25N7O2. The van der Waals surface area contributed by atoms with Crippen LogP contribution in [0.25, 0.3) is 0 Å². The van der Waals surface area contributed by atoms with E-state index in [1.54, 1.807) is 4.90 Å². The second kappa shape index (κ2) is 8.68. The van der Waals surface area contributed by atoms with E-state index >= 15 is 0 Å². The number of carbonyl (C=O) groups excluding carboxylic acids is 2. The second-order valence-corrected chi connectivity index (χ2v) is 7.06. The van der Waals surface area contributed by atoms with Gasteiger partial charge in [0, 0.05) is 31.9 Å². The molecule has 0 unspecified atom stereocenters. The molecule has 1 saturated heterocycles. The lowest BCUT2D eigenvalue weighted by Crippen LogP contribution is -2.48. The van der Waals surface area contributed by atoms with Crippen molar-refractivity contribution in [3.05, 3.63) is 48.2 Å². The predicted molar refractivity (Wildman–Crippen MR) is 111 cm³/mol. The summed E-state index contributed by atoms with van der Waals surface area (Å²) in [7, 11) is 1.85. The Kier molecular flexibility index (Phi) is 6.06. The van der Waals surface area contributed by atoms with Crippen molar-refractivity contribution in [1.29, 1.82) is 0 Å². The summed E-state index contributed by atoms with van der Waals surface area (Å²) in [6, 6.07) is 7.69. The first kappa shape index (κ1) is 20.2. The first-order valence-electron chi connectivity index (χ1n) is 9.41. The molecule has 9 nitrogen and oxygen atoms in total. The number of aromatic nitrogens is 3. The molecule has 2 aromatic rings. The van der Waals surface area contributed by atoms with Crippen LogP contribution < -0.4 is 16.0 Å². The van der Waals surface area contributed by atoms with Crippen molar-refractivity contribution in [3.8, 4) is 0 Å². The van der Waals surface area contributed by atoms with Crippen molar-refractivity contribution in [1.82, 2.24) is 20.1 Å². The molecular weight excluding hydrogens is 370 g/mol. The van der Waals surface area contributed by atoms with E-state index in [4.69, 9.17) is 5.73 Å². The van der Waals surface area contributed by atoms with E-state index in [1.165, 1.54) is 6.08 Å². The molecule has 9 heteroatoms. The van der Waals surface area contributed by atoms with E-state index in [-0.39, 0.29) is 23.5 Å². The number of primary amides is 1. The molecule has 1 fully saturated rings. The van der Waals surface area contributed by atoms with Gasteiger partial charge in [0.05, 0.1) is 0 Å². The summed E-state index contributed by atoms with van der Waals surface area (Å²) < 4.78 is 0. The third-order valence-corrected chi connectivity index (χ3v) is 4.94. The molecule has 3 rings (SSSR count). The molecule has 2 heterocycles. The summed E-state index contributed by atoms with van der Waals surface area (Å²) in [4.78, 5) is 31.9. The van der Waals surface area contributed by atoms with Crippen LogP contribution in [0.1, 0.15) is 28.9 Å². The molecule has 152 valence electrons. The lowest BCUT2D eigenvalue weighted by Gasteiger charge is -2.37. The Morgan fingerprint density at radius 3 is 2.86 bits per heavy atom. The Labute approximate surface area is 169 Å². The third-order valence-electron chi connectivity index (χ3n) is 4.94. The highest BCUT2D eigenvalue weighted by Gasteiger charge is 2.27. The largest absolute Gasteiger partial charge is 0.364 e. The van der Waals surface area contributed by atoms with Crippen molar-refractivity contribution < 1.29 is 9.59 Å². The molecule has 0 bridgehead atoms. The number of likely N-dealkylation sites (N-methyl/N-ethyl adjacent to an activating group) is 1. The number of anilines is 3. The van der Waals surface area contributed by atoms with Crippen LogP contribution in [0.3, 0.4) is 0 Å². The molecule has 0 radical (unpaired) electrons. The highest BCUT2D eigenvalue weighted by atomic mass is 16.2. The number of amides is 2. The van der Waals surface area contributed by atoms with Crippen LogP contribution in [0.4, 0.5) is 17.5 Å². The smallest absolute Gasteiger partial charge is 0.273 e. The molecule has 0 aliphatic carbocycles. The Hall–Kier alpha value is -3.49. The Morgan fingerprint density at radius 2 is 2.17 bits per heavy atom. The summed E-state index contributed by atoms with van der Waals surface area (Å²) >= 11 is 0. The van der Waals surface area contributed by atoms with Gasteiger partial charge in [0.1, 0.15) is 0 Å². The minimum Gasteiger partial charge on any atom is -0.364 e. The predicted octanol–water partition coefficient (Wildman–Crippen LogP) is 1.64. The van der Waals surface area contributed by atoms with E-state index < -0.39 is 5.91 Å². The molecule has 0 saturated carbocycles. The Balaban J connectivity index is 1.86. The number of nitrogens with one attached hydrogen (secondary N) is 1. The number of nitrogens with two attached hydrogens (primary N) is 1. The van der Waals surface area contributed by atoms with E-state index in [0.717, 1.165) is 24.1 Å². The molecule has 1 aliphatic heterocycles. The maximum atomic E-state index is 12.0. The molecule has 1 aromatic heterocycles. The van der Waals surface area contributed by atoms with Gasteiger partial charge in [-0.1, -0.05) is 18.7 Å². The van der Waals surface area contributed by atoms with Crippen molar-refractivity contribution >= 4 is 29.3 Å². The van der Waals surface area contributed by atoms with Crippen molar-refractivity contribution in [2.45, 2.75) is 25.8 Å². The fraction of sp³-hybridized carbons (Fsp3) is 0.350. The van der Waals surface area contributed by atoms with E-state index in [1.807, 2.05) is 43.1 Å². The van der Waals surface area contributed by atoms with Gasteiger partial charge in [0.25, 0.3) is 5.91 Å². The number of carbonyl (C=O) groups is 2. The standard InChI is InChI=1S/C20H25N7O2/c1-4-16(28)27-10-6-9-15(12-27)26(3)20-23-19(17(18(21)29)24-25-20)22-14-8-5-7-13(2)11-14/h4-5,7-8,11,15H,1,6,9-10,12H2,2-3H3,(H2,21,29)(H,22,23,25)/t15-/m1/s1. The number of rotatable bonds is 6. The summed E-state index contributed by atoms with van der Waals surface area (Å²) in [5, 5.41) is 11.2. The summed E-state index contributed by atoms with van der Waals surface area (Å²) in [5.41, 5.74) is 7.24. The van der Waals surface area contributed by atoms with Gasteiger partial charge in [-0.2, -0.15) is 4.98 Å². The van der Waals surface area contributed by atoms with Gasteiger partial charge in [0.15, 0.2) is 11.5 Å². The zero-order valence-electron chi connectivity index (χ0n) is 16.6. The molecule has 0 spiro atoms. The average molecular weight is 395 g/mol. The monoisotopic (exact) mass is 395 g/mol. The fourth-order valence-corrected chi connectivity index (χ4v) is 3.34. The summed E-state index contributed by atoms with van der Waals surface area (Å²) in [6.07, 6.45) is 3.08. The zero-order chi connectivity index (χ0) is 21.0. The summed E-state index contributed by atoms with van der Waals surface area (Å²) in [6.45, 7) is 6.77. The molecule has 1 atom stereocenters. The van der Waals surface area contributed by atoms with Gasteiger partial charge in [0.2, 0.25) is 11.9 Å². The van der Waals surface area contributed by atoms with Crippen LogP contribution in [0.2, 0.25) is 0 Å². The maximum absolute atomic E-state index is 12.0. The fourth-order valence-electron chi connectivity index (χ4n) is 3.34. The first-order chi connectivity index (χ1) is 13.9. The van der Waals surface area contributed by atoms with Gasteiger partial charge in [-0.25, -0.2) is 0 Å². The van der Waals surface area contributed by atoms with Crippen LogP contribution >= 0.6 is 0 Å². The molecule has 29 heavy (non-hydrogen) atoms. The van der Waals surface area contributed by atoms with Gasteiger partial charge >= 0.3 is 0 Å². The highest BCUT2D eigenvalue weighted by Crippen LogP contribution is 2.23. The molecule has 1 aliphatic rings. The van der Waals surface area contributed by atoms with Crippen molar-refractivity contribution in [3.63, 3.8) is 0 Å². The van der Waals surface area contributed by atoms with Crippen molar-refractivity contribution in [2.75, 3.05) is 30.4 Å². The second-order valence-electron chi connectivity index (χ2n) is 7.06. The minimum absolute atomic E-state index is 0.0284. The Morgan fingerprint density at radius 1 is 1.38 bits per heavy atom. The number of likely N-dealkylation sites (tertiary alicyclic amines) is 1. The average Bonchev–Trinajstić information content (AvgIpc) is 2.72. The van der Waals surface area contributed by atoms with Crippen LogP contribution in [-0.2, 0) is 4.79 Å². The lowest BCUT2D eigenvalue weighted by atomic mass is 10.0. The molecule has 3 N–H and O–H groups in total. The van der Waals surface area contributed by atoms with E-state index in [2.05, 4.69) is 27.1 Å². The first-order valence-corrected chi connectivity index (χ1v) is 9.41. The normalized spacial score (nSPS) is 16.2. The van der Waals surface area contributed by atoms with Crippen LogP contribution in [-0.4, -0.2) is 58.1 Å². The highest BCUT2D eigenvalue weighted by molar-refractivity contribution is 5.96. The minimum atomic E-state index is -0.713. The molecule has 1 aromatic carbocycles. The van der Waals surface area contributed by atoms with Crippen LogP contribution in [0, 0.1) is 6.92 Å². The number of hydrogen-bond donors (Lipinski definition) is 2. The number of hydrogen-bond acceptors (Lipinski definition) is 7. The quantitative estimate of drug-likeness (QED) is 0.714. The van der Waals surface area contributed by atoms with E-state index in [9.17, 15) is 9.59 Å². The van der Waals surface area contributed by atoms with Gasteiger partial charge in [-0.3, -0.25) is 9.59 Å². The lowest BCUT2D eigenvalue weighted by molar-refractivity contribution is -0.127. The van der Waals surface area contributed by atoms with Crippen molar-refractivity contribution in [2.24, 2.45) is 5.73 Å². The van der Waals surface area contributed by atoms with Gasteiger partial charge in [-0.05, 0) is 43.5 Å². The molecule has 2 amide bonds. The zero-order valence-corrected chi connectivity index (χ0v) is 16.6. The number of aryl methyl sites for hydroxylation is 1. The van der Waals surface area contributed by atoms with E-state index in [0.29, 0.717) is 19.0 Å². The summed E-state index contributed by atoms with van der Waals surface area (Å²) in [5.74, 6) is -0.208. The van der Waals surface area contributed by atoms with Gasteiger partial charge in [-0.15, -0.1) is 10.2 Å². The third kappa shape index (κ3) is 4.68. The van der Waals surface area contributed by atoms with Gasteiger partial charge < -0.3 is 20.9 Å². The maximum Gasteiger partial charge on any atom is 0.273 e. The topological polar surface area (TPSA) is 117 Å².